The van der Waals surface area contributed by atoms with E-state index in [0.29, 0.717) is 19.1 Å². The lowest BCUT2D eigenvalue weighted by Crippen LogP contribution is -2.35. The quantitative estimate of drug-likeness (QED) is 0.639. The number of methoxy groups -OCH3 is 1. The molecule has 118 valence electrons. The molecule has 2 N–H and O–H groups in total. The minimum Gasteiger partial charge on any atom is -0.381 e. The van der Waals surface area contributed by atoms with Crippen molar-refractivity contribution in [3.05, 3.63) is 11.8 Å². The van der Waals surface area contributed by atoms with Gasteiger partial charge in [0.25, 0.3) is 0 Å². The third-order valence-corrected chi connectivity index (χ3v) is 4.50. The fraction of sp³-hybridized carbons (Fsp3) is 0.875. The number of hydrogen-bond donors (Lipinski definition) is 2. The Kier molecular flexibility index (Phi) is 8.90. The Balaban J connectivity index is 2.53. The predicted octanol–water partition coefficient (Wildman–Crippen LogP) is 3.03. The fourth-order valence-electron chi connectivity index (χ4n) is 3.13. The molecule has 0 aliphatic heterocycles. The predicted molar refractivity (Wildman–Crippen MR) is 82.7 cm³/mol. The van der Waals surface area contributed by atoms with Crippen molar-refractivity contribution in [3.63, 3.8) is 0 Å². The molecule has 20 heavy (non-hydrogen) atoms. The fourth-order valence-corrected chi connectivity index (χ4v) is 3.13. The van der Waals surface area contributed by atoms with Gasteiger partial charge in [-0.15, -0.1) is 0 Å². The zero-order valence-electron chi connectivity index (χ0n) is 13.4. The number of rotatable bonds is 9. The summed E-state index contributed by atoms with van der Waals surface area (Å²) >= 11 is 0. The van der Waals surface area contributed by atoms with E-state index in [4.69, 9.17) is 9.94 Å². The van der Waals surface area contributed by atoms with E-state index >= 15 is 0 Å². The molecule has 1 unspecified atom stereocenters. The van der Waals surface area contributed by atoms with Crippen molar-refractivity contribution in [3.8, 4) is 0 Å². The highest BCUT2D eigenvalue weighted by molar-refractivity contribution is 4.98. The highest BCUT2D eigenvalue weighted by atomic mass is 16.5. The summed E-state index contributed by atoms with van der Waals surface area (Å²) in [5, 5.41) is 8.84. The average Bonchev–Trinajstić information content (AvgIpc) is 2.49. The summed E-state index contributed by atoms with van der Waals surface area (Å²) in [4.78, 5) is 2.36. The van der Waals surface area contributed by atoms with Gasteiger partial charge in [0, 0.05) is 32.4 Å². The van der Waals surface area contributed by atoms with Gasteiger partial charge in [0.15, 0.2) is 0 Å². The number of hydroxylamine groups is 1. The molecule has 1 atom stereocenters. The summed E-state index contributed by atoms with van der Waals surface area (Å²) in [7, 11) is 1.72. The van der Waals surface area contributed by atoms with Gasteiger partial charge in [-0.1, -0.05) is 39.0 Å². The maximum Gasteiger partial charge on any atom is 0.0663 e. The molecule has 1 aliphatic rings. The molecule has 0 heterocycles. The number of hydrogen-bond acceptors (Lipinski definition) is 4. The van der Waals surface area contributed by atoms with Crippen LogP contribution < -0.4 is 5.48 Å². The Morgan fingerprint density at radius 3 is 2.70 bits per heavy atom. The van der Waals surface area contributed by atoms with Crippen LogP contribution in [0.2, 0.25) is 0 Å². The number of allylic oxidation sites excluding steroid dienone is 1. The van der Waals surface area contributed by atoms with Crippen molar-refractivity contribution in [1.29, 1.82) is 0 Å². The van der Waals surface area contributed by atoms with Gasteiger partial charge in [-0.25, -0.2) is 5.48 Å². The summed E-state index contributed by atoms with van der Waals surface area (Å²) in [6.45, 7) is 7.64. The van der Waals surface area contributed by atoms with Crippen LogP contribution in [-0.4, -0.2) is 43.5 Å². The third-order valence-electron chi connectivity index (χ3n) is 4.50. The van der Waals surface area contributed by atoms with Crippen LogP contribution in [0.15, 0.2) is 11.8 Å². The molecular formula is C16H32N2O2. The molecule has 0 aromatic heterocycles. The van der Waals surface area contributed by atoms with Crippen molar-refractivity contribution in [1.82, 2.24) is 10.4 Å². The first-order valence-corrected chi connectivity index (χ1v) is 7.96. The maximum absolute atomic E-state index is 8.84. The van der Waals surface area contributed by atoms with Crippen LogP contribution in [0.5, 0.6) is 0 Å². The first-order valence-electron chi connectivity index (χ1n) is 7.96. The lowest BCUT2D eigenvalue weighted by atomic mass is 9.80. The van der Waals surface area contributed by atoms with Gasteiger partial charge >= 0.3 is 0 Å². The SMILES string of the molecule is COC/C=C(\C)N(CCNO)CC(C)C1CCCCC1. The normalized spacial score (nSPS) is 19.1. The Labute approximate surface area is 124 Å². The standard InChI is InChI=1S/C16H32N2O2/c1-14(16-7-5-4-6-8-16)13-18(11-10-17-19)15(2)9-12-20-3/h9,14,16-17,19H,4-8,10-13H2,1-3H3/b15-9+. The Bertz CT molecular complexity index is 276. The molecule has 1 aliphatic carbocycles. The molecule has 0 radical (unpaired) electrons. The number of nitrogens with one attached hydrogen (secondary N) is 1. The van der Waals surface area contributed by atoms with E-state index < -0.39 is 0 Å². The molecule has 1 rings (SSSR count). The molecule has 1 fully saturated rings. The molecule has 0 spiro atoms. The third kappa shape index (κ3) is 6.25. The Morgan fingerprint density at radius 2 is 2.10 bits per heavy atom. The second-order valence-corrected chi connectivity index (χ2v) is 6.03. The zero-order valence-corrected chi connectivity index (χ0v) is 13.4. The van der Waals surface area contributed by atoms with E-state index in [1.54, 1.807) is 7.11 Å². The Hall–Kier alpha value is -0.580. The molecule has 0 amide bonds. The van der Waals surface area contributed by atoms with Crippen LogP contribution in [0.4, 0.5) is 0 Å². The van der Waals surface area contributed by atoms with Crippen molar-refractivity contribution in [2.45, 2.75) is 46.0 Å². The van der Waals surface area contributed by atoms with Gasteiger partial charge in [0.05, 0.1) is 6.61 Å². The van der Waals surface area contributed by atoms with E-state index in [-0.39, 0.29) is 0 Å². The van der Waals surface area contributed by atoms with Crippen LogP contribution in [-0.2, 0) is 4.74 Å². The summed E-state index contributed by atoms with van der Waals surface area (Å²) in [6, 6.07) is 0. The van der Waals surface area contributed by atoms with Gasteiger partial charge in [-0.05, 0) is 24.8 Å². The van der Waals surface area contributed by atoms with Crippen LogP contribution >= 0.6 is 0 Å². The molecule has 0 bridgehead atoms. The van der Waals surface area contributed by atoms with Crippen LogP contribution in [0.25, 0.3) is 0 Å². The second-order valence-electron chi connectivity index (χ2n) is 6.03. The molecule has 1 saturated carbocycles. The minimum absolute atomic E-state index is 0.593. The molecule has 4 heteroatoms. The van der Waals surface area contributed by atoms with E-state index in [0.717, 1.165) is 19.0 Å². The van der Waals surface area contributed by atoms with E-state index in [1.165, 1.54) is 37.8 Å². The van der Waals surface area contributed by atoms with E-state index in [9.17, 15) is 0 Å². The van der Waals surface area contributed by atoms with Crippen molar-refractivity contribution < 1.29 is 9.94 Å². The van der Waals surface area contributed by atoms with Gasteiger partial charge in [-0.2, -0.15) is 0 Å². The first-order chi connectivity index (χ1) is 9.69. The highest BCUT2D eigenvalue weighted by Crippen LogP contribution is 2.30. The Morgan fingerprint density at radius 1 is 1.40 bits per heavy atom. The molecule has 0 aromatic carbocycles. The summed E-state index contributed by atoms with van der Waals surface area (Å²) < 4.78 is 5.12. The van der Waals surface area contributed by atoms with Crippen LogP contribution in [0.1, 0.15) is 46.0 Å². The van der Waals surface area contributed by atoms with Crippen molar-refractivity contribution >= 4 is 0 Å². The smallest absolute Gasteiger partial charge is 0.0663 e. The first kappa shape index (κ1) is 17.5. The number of nitrogens with zero attached hydrogens (tertiary/aromatic N) is 1. The summed E-state index contributed by atoms with van der Waals surface area (Å²) in [6.07, 6.45) is 9.08. The molecular weight excluding hydrogens is 252 g/mol. The van der Waals surface area contributed by atoms with Crippen LogP contribution in [0.3, 0.4) is 0 Å². The molecule has 0 saturated heterocycles. The lowest BCUT2D eigenvalue weighted by molar-refractivity contribution is 0.142. The molecule has 0 aromatic rings. The van der Waals surface area contributed by atoms with Gasteiger partial charge in [-0.3, -0.25) is 0 Å². The minimum atomic E-state index is 0.593. The lowest BCUT2D eigenvalue weighted by Gasteiger charge is -2.34. The highest BCUT2D eigenvalue weighted by Gasteiger charge is 2.22. The average molecular weight is 284 g/mol. The molecule has 4 nitrogen and oxygen atoms in total. The second kappa shape index (κ2) is 10.2. The monoisotopic (exact) mass is 284 g/mol. The topological polar surface area (TPSA) is 44.7 Å². The van der Waals surface area contributed by atoms with Crippen molar-refractivity contribution in [2.24, 2.45) is 11.8 Å². The zero-order chi connectivity index (χ0) is 14.8. The summed E-state index contributed by atoms with van der Waals surface area (Å²) in [5.41, 5.74) is 3.50. The number of ether oxygens (including phenoxy) is 1. The maximum atomic E-state index is 8.84. The van der Waals surface area contributed by atoms with Crippen molar-refractivity contribution in [2.75, 3.05) is 33.4 Å². The van der Waals surface area contributed by atoms with Gasteiger partial charge in [0.2, 0.25) is 0 Å². The van der Waals surface area contributed by atoms with Crippen LogP contribution in [0, 0.1) is 11.8 Å². The van der Waals surface area contributed by atoms with Gasteiger partial charge in [0.1, 0.15) is 0 Å². The van der Waals surface area contributed by atoms with E-state index in [2.05, 4.69) is 30.3 Å². The largest absolute Gasteiger partial charge is 0.381 e. The van der Waals surface area contributed by atoms with E-state index in [1.807, 2.05) is 0 Å². The summed E-state index contributed by atoms with van der Waals surface area (Å²) in [5.74, 6) is 1.57. The van der Waals surface area contributed by atoms with Gasteiger partial charge < -0.3 is 14.8 Å².